The molecular weight excluding hydrogens is 420 g/mol. The van der Waals surface area contributed by atoms with Crippen molar-refractivity contribution >= 4 is 22.8 Å². The molecule has 10 heteroatoms. The standard InChI is InChI=1S/C23H32N8O2/c1-5-21(32)30-8-6-19(7-9-30)27-16(2)22(28-25)17-12-20(33-11-10-29(3)4)23-18(13-24)14-26-31(23)15-17/h12,14-15,19H,5-11,25H2,1-4H3/b27-16?,28-22+. The van der Waals surface area contributed by atoms with Crippen LogP contribution in [0.1, 0.15) is 44.2 Å². The molecule has 0 atom stereocenters. The quantitative estimate of drug-likeness (QED) is 0.369. The highest BCUT2D eigenvalue weighted by molar-refractivity contribution is 6.47. The Labute approximate surface area is 194 Å². The number of aliphatic imine (C=N–C) groups is 1. The smallest absolute Gasteiger partial charge is 0.222 e. The van der Waals surface area contributed by atoms with Crippen molar-refractivity contribution in [3.05, 3.63) is 29.6 Å². The zero-order chi connectivity index (χ0) is 24.0. The van der Waals surface area contributed by atoms with Gasteiger partial charge in [0.25, 0.3) is 0 Å². The summed E-state index contributed by atoms with van der Waals surface area (Å²) >= 11 is 0. The van der Waals surface area contributed by atoms with Gasteiger partial charge in [0.05, 0.1) is 18.0 Å². The van der Waals surface area contributed by atoms with Gasteiger partial charge < -0.3 is 20.4 Å². The van der Waals surface area contributed by atoms with Gasteiger partial charge in [-0.2, -0.15) is 15.5 Å². The van der Waals surface area contributed by atoms with E-state index in [9.17, 15) is 10.1 Å². The summed E-state index contributed by atoms with van der Waals surface area (Å²) in [5.41, 5.74) is 3.00. The maximum absolute atomic E-state index is 11.9. The number of amides is 1. The number of rotatable bonds is 8. The molecule has 10 nitrogen and oxygen atoms in total. The first-order chi connectivity index (χ1) is 15.9. The molecule has 1 saturated heterocycles. The van der Waals surface area contributed by atoms with E-state index in [0.29, 0.717) is 59.9 Å². The lowest BCUT2D eigenvalue weighted by Gasteiger charge is -2.30. The lowest BCUT2D eigenvalue weighted by molar-refractivity contribution is -0.131. The summed E-state index contributed by atoms with van der Waals surface area (Å²) in [7, 11) is 3.94. The van der Waals surface area contributed by atoms with Crippen molar-refractivity contribution in [1.29, 1.82) is 5.26 Å². The molecular formula is C23H32N8O2. The van der Waals surface area contributed by atoms with Gasteiger partial charge in [-0.15, -0.1) is 0 Å². The number of ether oxygens (including phenoxy) is 1. The summed E-state index contributed by atoms with van der Waals surface area (Å²) in [6, 6.07) is 4.11. The first-order valence-electron chi connectivity index (χ1n) is 11.2. The van der Waals surface area contributed by atoms with E-state index in [1.54, 1.807) is 10.7 Å². The number of hydrogen-bond acceptors (Lipinski definition) is 8. The molecule has 33 heavy (non-hydrogen) atoms. The van der Waals surface area contributed by atoms with Crippen LogP contribution in [0.5, 0.6) is 5.75 Å². The van der Waals surface area contributed by atoms with Crippen molar-refractivity contribution in [3.63, 3.8) is 0 Å². The number of fused-ring (bicyclic) bond motifs is 1. The third kappa shape index (κ3) is 5.68. The molecule has 2 aromatic rings. The average Bonchev–Trinajstić information content (AvgIpc) is 3.22. The van der Waals surface area contributed by atoms with Crippen LogP contribution in [0.3, 0.4) is 0 Å². The second kappa shape index (κ2) is 10.9. The molecule has 0 radical (unpaired) electrons. The van der Waals surface area contributed by atoms with Gasteiger partial charge in [-0.25, -0.2) is 4.52 Å². The number of nitrogens with two attached hydrogens (primary N) is 1. The minimum atomic E-state index is 0.108. The summed E-state index contributed by atoms with van der Waals surface area (Å²) in [5.74, 6) is 6.51. The number of nitrogens with zero attached hydrogens (tertiary/aromatic N) is 7. The predicted octanol–water partition coefficient (Wildman–Crippen LogP) is 1.67. The average molecular weight is 453 g/mol. The normalized spacial score (nSPS) is 15.8. The Kier molecular flexibility index (Phi) is 8.01. The van der Waals surface area contributed by atoms with Gasteiger partial charge in [-0.05, 0) is 39.9 Å². The number of carbonyl (C=O) groups excluding carboxylic acids is 1. The highest BCUT2D eigenvalue weighted by atomic mass is 16.5. The van der Waals surface area contributed by atoms with E-state index in [2.05, 4.69) is 16.3 Å². The lowest BCUT2D eigenvalue weighted by atomic mass is 10.0. The SMILES string of the molecule is CCC(=O)N1CCC(N=C(C)/C(=N\N)c2cc(OCCN(C)C)c3c(C#N)cnn3c2)CC1. The fourth-order valence-electron chi connectivity index (χ4n) is 3.92. The minimum Gasteiger partial charge on any atom is -0.490 e. The number of aromatic nitrogens is 2. The van der Waals surface area contributed by atoms with Crippen LogP contribution >= 0.6 is 0 Å². The number of hydrazone groups is 1. The van der Waals surface area contributed by atoms with Crippen molar-refractivity contribution < 1.29 is 9.53 Å². The van der Waals surface area contributed by atoms with Crippen molar-refractivity contribution in [2.75, 3.05) is 40.3 Å². The molecule has 0 aromatic carbocycles. The largest absolute Gasteiger partial charge is 0.490 e. The number of likely N-dealkylation sites (tertiary alicyclic amines) is 1. The lowest BCUT2D eigenvalue weighted by Crippen LogP contribution is -2.39. The second-order valence-corrected chi connectivity index (χ2v) is 8.37. The number of likely N-dealkylation sites (N-methyl/N-ethyl adjacent to an activating group) is 1. The molecule has 176 valence electrons. The highest BCUT2D eigenvalue weighted by Crippen LogP contribution is 2.26. The van der Waals surface area contributed by atoms with E-state index in [4.69, 9.17) is 15.6 Å². The maximum Gasteiger partial charge on any atom is 0.222 e. The van der Waals surface area contributed by atoms with E-state index in [0.717, 1.165) is 19.4 Å². The number of hydrogen-bond donors (Lipinski definition) is 1. The molecule has 0 unspecified atom stereocenters. The van der Waals surface area contributed by atoms with Gasteiger partial charge in [-0.1, -0.05) is 6.92 Å². The molecule has 0 spiro atoms. The molecule has 1 aliphatic rings. The Bertz CT molecular complexity index is 1090. The summed E-state index contributed by atoms with van der Waals surface area (Å²) in [6.45, 7) is 6.38. The van der Waals surface area contributed by atoms with Gasteiger partial charge in [0.2, 0.25) is 5.91 Å². The Morgan fingerprint density at radius 1 is 1.39 bits per heavy atom. The Morgan fingerprint density at radius 3 is 2.73 bits per heavy atom. The summed E-state index contributed by atoms with van der Waals surface area (Å²) in [5, 5.41) is 17.8. The number of piperidine rings is 1. The van der Waals surface area contributed by atoms with Gasteiger partial charge in [0.1, 0.15) is 35.2 Å². The van der Waals surface area contributed by atoms with E-state index in [-0.39, 0.29) is 11.9 Å². The Morgan fingerprint density at radius 2 is 2.12 bits per heavy atom. The van der Waals surface area contributed by atoms with Crippen LogP contribution in [0, 0.1) is 11.3 Å². The topological polar surface area (TPSA) is 125 Å². The van der Waals surface area contributed by atoms with E-state index in [1.165, 1.54) is 6.20 Å². The molecule has 3 rings (SSSR count). The van der Waals surface area contributed by atoms with Gasteiger partial charge >= 0.3 is 0 Å². The third-order valence-electron chi connectivity index (χ3n) is 5.73. The molecule has 1 aliphatic heterocycles. The molecule has 0 aliphatic carbocycles. The molecule has 2 aromatic heterocycles. The maximum atomic E-state index is 11.9. The number of carbonyl (C=O) groups is 1. The van der Waals surface area contributed by atoms with E-state index < -0.39 is 0 Å². The summed E-state index contributed by atoms with van der Waals surface area (Å²) < 4.78 is 7.63. The molecule has 0 saturated carbocycles. The molecule has 2 N–H and O–H groups in total. The van der Waals surface area contributed by atoms with Crippen LogP contribution < -0.4 is 10.6 Å². The third-order valence-corrected chi connectivity index (χ3v) is 5.73. The van der Waals surface area contributed by atoms with Gasteiger partial charge in [-0.3, -0.25) is 9.79 Å². The van der Waals surface area contributed by atoms with E-state index in [1.807, 2.05) is 43.8 Å². The summed E-state index contributed by atoms with van der Waals surface area (Å²) in [4.78, 5) is 20.7. The molecule has 0 bridgehead atoms. The minimum absolute atomic E-state index is 0.108. The second-order valence-electron chi connectivity index (χ2n) is 8.37. The van der Waals surface area contributed by atoms with Crippen LogP contribution in [0.25, 0.3) is 5.52 Å². The molecule has 3 heterocycles. The van der Waals surface area contributed by atoms with Crippen LogP contribution in [-0.4, -0.2) is 83.1 Å². The predicted molar refractivity (Wildman–Crippen MR) is 128 cm³/mol. The van der Waals surface area contributed by atoms with Crippen LogP contribution in [-0.2, 0) is 4.79 Å². The highest BCUT2D eigenvalue weighted by Gasteiger charge is 2.23. The van der Waals surface area contributed by atoms with Crippen molar-refractivity contribution in [2.24, 2.45) is 15.9 Å². The van der Waals surface area contributed by atoms with Crippen LogP contribution in [0.2, 0.25) is 0 Å². The van der Waals surface area contributed by atoms with Crippen LogP contribution in [0.15, 0.2) is 28.6 Å². The zero-order valence-corrected chi connectivity index (χ0v) is 19.8. The molecule has 1 amide bonds. The van der Waals surface area contributed by atoms with Crippen molar-refractivity contribution in [1.82, 2.24) is 19.4 Å². The van der Waals surface area contributed by atoms with Gasteiger partial charge in [0.15, 0.2) is 0 Å². The zero-order valence-electron chi connectivity index (χ0n) is 19.8. The first-order valence-corrected chi connectivity index (χ1v) is 11.2. The number of nitriles is 1. The van der Waals surface area contributed by atoms with E-state index >= 15 is 0 Å². The Balaban J connectivity index is 1.86. The first kappa shape index (κ1) is 24.2. The van der Waals surface area contributed by atoms with Crippen molar-refractivity contribution in [3.8, 4) is 11.8 Å². The molecule has 1 fully saturated rings. The summed E-state index contributed by atoms with van der Waals surface area (Å²) in [6.07, 6.45) is 5.44. The van der Waals surface area contributed by atoms with Crippen molar-refractivity contribution in [2.45, 2.75) is 39.2 Å². The fraction of sp³-hybridized carbons (Fsp3) is 0.522. The Hall–Kier alpha value is -3.45. The monoisotopic (exact) mass is 452 g/mol. The van der Waals surface area contributed by atoms with Gasteiger partial charge in [0, 0.05) is 37.8 Å². The van der Waals surface area contributed by atoms with Crippen LogP contribution in [0.4, 0.5) is 0 Å². The fourth-order valence-corrected chi connectivity index (χ4v) is 3.92. The number of pyridine rings is 1.